The number of nitrogens with one attached hydrogen (secondary N) is 1. The molecule has 4 heteroatoms. The van der Waals surface area contributed by atoms with Crippen LogP contribution in [0.2, 0.25) is 0 Å². The van der Waals surface area contributed by atoms with Crippen LogP contribution in [0.5, 0.6) is 0 Å². The van der Waals surface area contributed by atoms with Crippen LogP contribution in [0.1, 0.15) is 13.3 Å². The molecular formula is C9H22N2OS. The fourth-order valence-electron chi connectivity index (χ4n) is 1.04. The number of ether oxygens (including phenoxy) is 1. The molecule has 0 amide bonds. The molecule has 0 saturated heterocycles. The molecular weight excluding hydrogens is 184 g/mol. The number of thioether (sulfide) groups is 1. The first-order chi connectivity index (χ1) is 6.35. The average Bonchev–Trinajstić information content (AvgIpc) is 2.16. The summed E-state index contributed by atoms with van der Waals surface area (Å²) in [5.41, 5.74) is 5.62. The van der Waals surface area contributed by atoms with Gasteiger partial charge in [0.1, 0.15) is 0 Å². The Morgan fingerprint density at radius 2 is 2.31 bits per heavy atom. The van der Waals surface area contributed by atoms with Gasteiger partial charge in [-0.2, -0.15) is 11.8 Å². The van der Waals surface area contributed by atoms with E-state index in [1.807, 2.05) is 11.8 Å². The highest BCUT2D eigenvalue weighted by molar-refractivity contribution is 7.99. The Morgan fingerprint density at radius 3 is 2.85 bits per heavy atom. The van der Waals surface area contributed by atoms with Crippen LogP contribution < -0.4 is 11.1 Å². The van der Waals surface area contributed by atoms with Gasteiger partial charge in [0.15, 0.2) is 0 Å². The minimum Gasteiger partial charge on any atom is -0.383 e. The second-order valence-electron chi connectivity index (χ2n) is 2.87. The number of rotatable bonds is 9. The quantitative estimate of drug-likeness (QED) is 0.545. The molecule has 80 valence electrons. The third-order valence-corrected chi connectivity index (χ3v) is 2.77. The van der Waals surface area contributed by atoms with Gasteiger partial charge in [0.05, 0.1) is 6.61 Å². The number of hydrogen-bond donors (Lipinski definition) is 2. The zero-order chi connectivity index (χ0) is 9.94. The van der Waals surface area contributed by atoms with Crippen LogP contribution in [-0.2, 0) is 4.74 Å². The monoisotopic (exact) mass is 206 g/mol. The van der Waals surface area contributed by atoms with Crippen molar-refractivity contribution in [3.63, 3.8) is 0 Å². The normalized spacial score (nSPS) is 13.2. The molecule has 0 spiro atoms. The van der Waals surface area contributed by atoms with Gasteiger partial charge in [-0.1, -0.05) is 6.92 Å². The van der Waals surface area contributed by atoms with Crippen LogP contribution in [0.3, 0.4) is 0 Å². The lowest BCUT2D eigenvalue weighted by Crippen LogP contribution is -2.38. The predicted octanol–water partition coefficient (Wildman–Crippen LogP) is 0.693. The summed E-state index contributed by atoms with van der Waals surface area (Å²) in [5.74, 6) is 2.38. The van der Waals surface area contributed by atoms with Gasteiger partial charge in [-0.3, -0.25) is 0 Å². The van der Waals surface area contributed by atoms with Crippen LogP contribution in [0.25, 0.3) is 0 Å². The van der Waals surface area contributed by atoms with Crippen molar-refractivity contribution in [1.82, 2.24) is 5.32 Å². The van der Waals surface area contributed by atoms with E-state index >= 15 is 0 Å². The molecule has 13 heavy (non-hydrogen) atoms. The molecule has 0 aromatic heterocycles. The van der Waals surface area contributed by atoms with Gasteiger partial charge < -0.3 is 15.8 Å². The molecule has 0 saturated carbocycles. The highest BCUT2D eigenvalue weighted by atomic mass is 32.2. The number of methoxy groups -OCH3 is 1. The predicted molar refractivity (Wildman–Crippen MR) is 60.3 cm³/mol. The van der Waals surface area contributed by atoms with Gasteiger partial charge in [-0.05, 0) is 17.9 Å². The Balaban J connectivity index is 3.28. The summed E-state index contributed by atoms with van der Waals surface area (Å²) in [5, 5.41) is 3.37. The van der Waals surface area contributed by atoms with Gasteiger partial charge in [0, 0.05) is 26.2 Å². The fraction of sp³-hybridized carbons (Fsp3) is 1.00. The molecule has 0 aliphatic rings. The van der Waals surface area contributed by atoms with Crippen molar-refractivity contribution in [1.29, 1.82) is 0 Å². The summed E-state index contributed by atoms with van der Waals surface area (Å²) >= 11 is 1.96. The van der Waals surface area contributed by atoms with Crippen molar-refractivity contribution in [3.8, 4) is 0 Å². The highest BCUT2D eigenvalue weighted by Gasteiger charge is 2.03. The molecule has 3 N–H and O–H groups in total. The zero-order valence-electron chi connectivity index (χ0n) is 8.71. The van der Waals surface area contributed by atoms with Crippen molar-refractivity contribution in [2.24, 2.45) is 5.73 Å². The molecule has 0 bridgehead atoms. The van der Waals surface area contributed by atoms with Crippen molar-refractivity contribution in [2.45, 2.75) is 19.4 Å². The van der Waals surface area contributed by atoms with Gasteiger partial charge in [0.25, 0.3) is 0 Å². The summed E-state index contributed by atoms with van der Waals surface area (Å²) in [6.07, 6.45) is 1.15. The van der Waals surface area contributed by atoms with E-state index in [1.165, 1.54) is 11.5 Å². The zero-order valence-corrected chi connectivity index (χ0v) is 9.53. The topological polar surface area (TPSA) is 47.3 Å². The Morgan fingerprint density at radius 1 is 1.54 bits per heavy atom. The van der Waals surface area contributed by atoms with Crippen molar-refractivity contribution in [2.75, 3.05) is 38.3 Å². The fourth-order valence-corrected chi connectivity index (χ4v) is 1.78. The van der Waals surface area contributed by atoms with Gasteiger partial charge in [-0.15, -0.1) is 0 Å². The van der Waals surface area contributed by atoms with Crippen molar-refractivity contribution >= 4 is 11.8 Å². The number of nitrogens with two attached hydrogens (primary N) is 1. The lowest BCUT2D eigenvalue weighted by molar-refractivity contribution is 0.195. The second kappa shape index (κ2) is 10.3. The highest BCUT2D eigenvalue weighted by Crippen LogP contribution is 2.03. The molecule has 0 heterocycles. The van der Waals surface area contributed by atoms with Crippen LogP contribution in [-0.4, -0.2) is 44.4 Å². The van der Waals surface area contributed by atoms with Crippen molar-refractivity contribution < 1.29 is 4.74 Å². The molecule has 0 rings (SSSR count). The summed E-state index contributed by atoms with van der Waals surface area (Å²) < 4.78 is 4.95. The summed E-state index contributed by atoms with van der Waals surface area (Å²) in [6.45, 7) is 4.56. The van der Waals surface area contributed by atoms with Crippen LogP contribution >= 0.6 is 11.8 Å². The first-order valence-corrected chi connectivity index (χ1v) is 6.00. The summed E-state index contributed by atoms with van der Waals surface area (Å²) in [7, 11) is 1.71. The van der Waals surface area contributed by atoms with E-state index in [2.05, 4.69) is 12.2 Å². The van der Waals surface area contributed by atoms with Gasteiger partial charge in [-0.25, -0.2) is 0 Å². The van der Waals surface area contributed by atoms with Crippen molar-refractivity contribution in [3.05, 3.63) is 0 Å². The van der Waals surface area contributed by atoms with E-state index in [0.717, 1.165) is 19.6 Å². The van der Waals surface area contributed by atoms with Crippen LogP contribution in [0.4, 0.5) is 0 Å². The van der Waals surface area contributed by atoms with Crippen LogP contribution in [0.15, 0.2) is 0 Å². The minimum absolute atomic E-state index is 0.453. The largest absolute Gasteiger partial charge is 0.383 e. The molecule has 0 aromatic carbocycles. The smallest absolute Gasteiger partial charge is 0.0587 e. The second-order valence-corrected chi connectivity index (χ2v) is 4.26. The van der Waals surface area contributed by atoms with E-state index in [-0.39, 0.29) is 0 Å². The van der Waals surface area contributed by atoms with Gasteiger partial charge >= 0.3 is 0 Å². The Kier molecular flexibility index (Phi) is 10.5. The first-order valence-electron chi connectivity index (χ1n) is 4.85. The Hall–Kier alpha value is 0.230. The molecule has 0 aliphatic carbocycles. The lowest BCUT2D eigenvalue weighted by Gasteiger charge is -2.15. The average molecular weight is 206 g/mol. The SMILES string of the molecule is CCSCCC(CN)NCCOC. The Bertz CT molecular complexity index is 93.6. The van der Waals surface area contributed by atoms with E-state index in [0.29, 0.717) is 12.6 Å². The maximum Gasteiger partial charge on any atom is 0.0587 e. The van der Waals surface area contributed by atoms with E-state index in [4.69, 9.17) is 10.5 Å². The van der Waals surface area contributed by atoms with E-state index < -0.39 is 0 Å². The summed E-state index contributed by atoms with van der Waals surface area (Å²) in [6, 6.07) is 0.453. The first kappa shape index (κ1) is 13.2. The third-order valence-electron chi connectivity index (χ3n) is 1.84. The molecule has 0 radical (unpaired) electrons. The Labute approximate surface area is 85.8 Å². The molecule has 3 nitrogen and oxygen atoms in total. The maximum atomic E-state index is 5.62. The molecule has 1 unspecified atom stereocenters. The van der Waals surface area contributed by atoms with Crippen LogP contribution in [0, 0.1) is 0 Å². The molecule has 0 fully saturated rings. The minimum atomic E-state index is 0.453. The molecule has 0 aliphatic heterocycles. The lowest BCUT2D eigenvalue weighted by atomic mass is 10.2. The summed E-state index contributed by atoms with van der Waals surface area (Å²) in [4.78, 5) is 0. The standard InChI is InChI=1S/C9H22N2OS/c1-3-13-7-4-9(8-10)11-5-6-12-2/h9,11H,3-8,10H2,1-2H3. The number of hydrogen-bond acceptors (Lipinski definition) is 4. The van der Waals surface area contributed by atoms with E-state index in [1.54, 1.807) is 7.11 Å². The van der Waals surface area contributed by atoms with Gasteiger partial charge in [0.2, 0.25) is 0 Å². The van der Waals surface area contributed by atoms with E-state index in [9.17, 15) is 0 Å². The molecule has 0 aromatic rings. The molecule has 1 atom stereocenters. The maximum absolute atomic E-state index is 5.62. The third kappa shape index (κ3) is 8.56.